The third-order valence-corrected chi connectivity index (χ3v) is 5.28. The number of thiophene rings is 1. The van der Waals surface area contributed by atoms with E-state index in [1.807, 2.05) is 13.0 Å². The van der Waals surface area contributed by atoms with Crippen LogP contribution in [0.15, 0.2) is 6.08 Å². The van der Waals surface area contributed by atoms with Gasteiger partial charge in [0, 0.05) is 4.88 Å². The molecular weight excluding hydrogens is 260 g/mol. The van der Waals surface area contributed by atoms with Crippen molar-refractivity contribution in [3.05, 3.63) is 27.0 Å². The van der Waals surface area contributed by atoms with Crippen molar-refractivity contribution in [3.63, 3.8) is 0 Å². The van der Waals surface area contributed by atoms with E-state index >= 15 is 0 Å². The van der Waals surface area contributed by atoms with Crippen molar-refractivity contribution in [2.45, 2.75) is 34.1 Å². The van der Waals surface area contributed by atoms with Crippen molar-refractivity contribution in [3.8, 4) is 0 Å². The molecule has 4 nitrogen and oxygen atoms in total. The summed E-state index contributed by atoms with van der Waals surface area (Å²) in [6.07, 6.45) is 2.24. The lowest BCUT2D eigenvalue weighted by molar-refractivity contribution is -0.140. The van der Waals surface area contributed by atoms with Crippen LogP contribution in [0.5, 0.6) is 0 Å². The monoisotopic (exact) mass is 278 g/mol. The topological polar surface area (TPSA) is 72.2 Å². The smallest absolute Gasteiger partial charge is 0.240 e. The number of nitrogens with two attached hydrogens (primary N) is 1. The fourth-order valence-corrected chi connectivity index (χ4v) is 3.23. The Hall–Kier alpha value is -1.62. The van der Waals surface area contributed by atoms with E-state index in [1.54, 1.807) is 18.3 Å². The van der Waals surface area contributed by atoms with E-state index in [4.69, 9.17) is 5.73 Å². The molecule has 0 saturated heterocycles. The second-order valence-electron chi connectivity index (χ2n) is 5.21. The van der Waals surface area contributed by atoms with Crippen molar-refractivity contribution in [1.29, 1.82) is 0 Å². The zero-order valence-electron chi connectivity index (χ0n) is 11.6. The van der Waals surface area contributed by atoms with Crippen molar-refractivity contribution in [2.24, 2.45) is 11.1 Å². The maximum absolute atomic E-state index is 12.1. The van der Waals surface area contributed by atoms with E-state index in [0.717, 1.165) is 10.6 Å². The number of allylic oxidation sites excluding steroid dienone is 1. The third-order valence-electron chi connectivity index (χ3n) is 3.94. The highest BCUT2D eigenvalue weighted by molar-refractivity contribution is 7.13. The molecule has 0 radical (unpaired) electrons. The molecule has 1 aliphatic heterocycles. The Morgan fingerprint density at radius 1 is 1.37 bits per heavy atom. The molecule has 0 bridgehead atoms. The molecule has 1 atom stereocenters. The highest BCUT2D eigenvalue weighted by atomic mass is 32.1. The van der Waals surface area contributed by atoms with Gasteiger partial charge in [-0.05, 0) is 45.2 Å². The Bertz CT molecular complexity index is 601. The number of carbonyl (C=O) groups is 2. The molecule has 19 heavy (non-hydrogen) atoms. The number of hydrogen-bond donors (Lipinski definition) is 2. The van der Waals surface area contributed by atoms with Crippen molar-refractivity contribution < 1.29 is 9.59 Å². The van der Waals surface area contributed by atoms with E-state index in [0.29, 0.717) is 6.42 Å². The maximum Gasteiger partial charge on any atom is 0.240 e. The quantitative estimate of drug-likeness (QED) is 0.812. The standard InChI is InChI=1S/C14H18N2O2S/c1-7-8(2)11(19-9(7)3)10-5-6-14(4,12(15)17)13(18)16-10/h5H,6H2,1-4H3,(H2,15,17)(H,16,18). The second kappa shape index (κ2) is 4.49. The van der Waals surface area contributed by atoms with Crippen LogP contribution < -0.4 is 11.1 Å². The average molecular weight is 278 g/mol. The van der Waals surface area contributed by atoms with Crippen LogP contribution in [0.3, 0.4) is 0 Å². The molecule has 1 aromatic rings. The number of nitrogens with one attached hydrogen (secondary N) is 1. The lowest BCUT2D eigenvalue weighted by atomic mass is 9.82. The normalized spacial score (nSPS) is 22.9. The van der Waals surface area contributed by atoms with Crippen LogP contribution >= 0.6 is 11.3 Å². The Kier molecular flexibility index (Phi) is 3.26. The van der Waals surface area contributed by atoms with Gasteiger partial charge in [0.25, 0.3) is 0 Å². The molecule has 1 unspecified atom stereocenters. The van der Waals surface area contributed by atoms with Gasteiger partial charge in [-0.25, -0.2) is 0 Å². The van der Waals surface area contributed by atoms with Gasteiger partial charge in [0.15, 0.2) is 0 Å². The summed E-state index contributed by atoms with van der Waals surface area (Å²) in [5, 5.41) is 2.82. The van der Waals surface area contributed by atoms with E-state index in [2.05, 4.69) is 19.2 Å². The minimum absolute atomic E-state index is 0.319. The number of rotatable bonds is 2. The molecule has 102 valence electrons. The Morgan fingerprint density at radius 2 is 2.00 bits per heavy atom. The fraction of sp³-hybridized carbons (Fsp3) is 0.429. The number of carbonyl (C=O) groups excluding carboxylic acids is 2. The van der Waals surface area contributed by atoms with E-state index in [1.165, 1.54) is 16.0 Å². The molecule has 3 N–H and O–H groups in total. The van der Waals surface area contributed by atoms with Crippen molar-refractivity contribution in [1.82, 2.24) is 5.32 Å². The number of amides is 2. The van der Waals surface area contributed by atoms with E-state index < -0.39 is 11.3 Å². The molecule has 0 aliphatic carbocycles. The van der Waals surface area contributed by atoms with Gasteiger partial charge >= 0.3 is 0 Å². The highest BCUT2D eigenvalue weighted by Crippen LogP contribution is 2.35. The predicted octanol–water partition coefficient (Wildman–Crippen LogP) is 2.03. The van der Waals surface area contributed by atoms with Crippen molar-refractivity contribution >= 4 is 28.8 Å². The summed E-state index contributed by atoms with van der Waals surface area (Å²) in [5.41, 5.74) is 7.39. The van der Waals surface area contributed by atoms with Gasteiger partial charge in [-0.15, -0.1) is 11.3 Å². The van der Waals surface area contributed by atoms with Gasteiger partial charge in [-0.2, -0.15) is 0 Å². The fourth-order valence-electron chi connectivity index (χ4n) is 2.07. The summed E-state index contributed by atoms with van der Waals surface area (Å²) in [5.74, 6) is -0.906. The van der Waals surface area contributed by atoms with Crippen LogP contribution in [0.2, 0.25) is 0 Å². The molecule has 1 aliphatic rings. The van der Waals surface area contributed by atoms with Crippen LogP contribution in [0.4, 0.5) is 0 Å². The molecule has 0 saturated carbocycles. The van der Waals surface area contributed by atoms with Gasteiger partial charge in [-0.1, -0.05) is 6.08 Å². The van der Waals surface area contributed by atoms with Gasteiger partial charge in [0.1, 0.15) is 5.41 Å². The number of aryl methyl sites for hydroxylation is 1. The Balaban J connectivity index is 2.40. The SMILES string of the molecule is Cc1sc(C2=CCC(C)(C(N)=O)C(=O)N2)c(C)c1C. The molecule has 1 aromatic heterocycles. The first-order valence-corrected chi connectivity index (χ1v) is 6.97. The maximum atomic E-state index is 12.1. The van der Waals surface area contributed by atoms with Crippen molar-refractivity contribution in [2.75, 3.05) is 0 Å². The molecule has 0 aromatic carbocycles. The molecule has 2 amide bonds. The number of hydrogen-bond acceptors (Lipinski definition) is 3. The molecule has 2 rings (SSSR count). The largest absolute Gasteiger partial charge is 0.369 e. The zero-order valence-corrected chi connectivity index (χ0v) is 12.4. The average Bonchev–Trinajstić information content (AvgIpc) is 2.60. The summed E-state index contributed by atoms with van der Waals surface area (Å²) < 4.78 is 0. The first-order valence-electron chi connectivity index (χ1n) is 6.16. The summed E-state index contributed by atoms with van der Waals surface area (Å²) in [7, 11) is 0. The minimum Gasteiger partial charge on any atom is -0.369 e. The Morgan fingerprint density at radius 3 is 2.42 bits per heavy atom. The highest BCUT2D eigenvalue weighted by Gasteiger charge is 2.41. The van der Waals surface area contributed by atoms with Crippen LogP contribution in [-0.4, -0.2) is 11.8 Å². The molecule has 2 heterocycles. The van der Waals surface area contributed by atoms with Crippen LogP contribution in [0, 0.1) is 26.2 Å². The van der Waals surface area contributed by atoms with Crippen LogP contribution in [0.25, 0.3) is 5.70 Å². The van der Waals surface area contributed by atoms with E-state index in [-0.39, 0.29) is 5.91 Å². The first-order chi connectivity index (χ1) is 8.77. The third kappa shape index (κ3) is 2.08. The molecule has 5 heteroatoms. The predicted molar refractivity (Wildman–Crippen MR) is 76.6 cm³/mol. The summed E-state index contributed by atoms with van der Waals surface area (Å²) in [6.45, 7) is 7.76. The Labute approximate surface area is 116 Å². The van der Waals surface area contributed by atoms with E-state index in [9.17, 15) is 9.59 Å². The van der Waals surface area contributed by atoms with Gasteiger partial charge in [-0.3, -0.25) is 9.59 Å². The first kappa shape index (κ1) is 13.8. The summed E-state index contributed by atoms with van der Waals surface area (Å²) in [4.78, 5) is 25.8. The molecule has 0 spiro atoms. The lowest BCUT2D eigenvalue weighted by Gasteiger charge is -2.28. The summed E-state index contributed by atoms with van der Waals surface area (Å²) in [6, 6.07) is 0. The zero-order chi connectivity index (χ0) is 14.4. The minimum atomic E-state index is -1.14. The van der Waals surface area contributed by atoms with Gasteiger partial charge < -0.3 is 11.1 Å². The second-order valence-corrected chi connectivity index (χ2v) is 6.43. The molecule has 0 fully saturated rings. The van der Waals surface area contributed by atoms with Crippen LogP contribution in [-0.2, 0) is 9.59 Å². The lowest BCUT2D eigenvalue weighted by Crippen LogP contribution is -2.49. The molecular formula is C14H18N2O2S. The van der Waals surface area contributed by atoms with Gasteiger partial charge in [0.05, 0.1) is 10.6 Å². The van der Waals surface area contributed by atoms with Gasteiger partial charge in [0.2, 0.25) is 11.8 Å². The summed E-state index contributed by atoms with van der Waals surface area (Å²) >= 11 is 1.66. The van der Waals surface area contributed by atoms with Crippen LogP contribution in [0.1, 0.15) is 34.2 Å². The number of primary amides is 1.